The van der Waals surface area contributed by atoms with Gasteiger partial charge in [0.05, 0.1) is 13.2 Å². The van der Waals surface area contributed by atoms with E-state index >= 15 is 0 Å². The van der Waals surface area contributed by atoms with Gasteiger partial charge in [0, 0.05) is 58.0 Å². The maximum absolute atomic E-state index is 6.15. The monoisotopic (exact) mass is 552 g/mol. The molecule has 0 bridgehead atoms. The number of benzene rings is 2. The summed E-state index contributed by atoms with van der Waals surface area (Å²) in [6, 6.07) is 15.0. The van der Waals surface area contributed by atoms with Crippen molar-refractivity contribution in [1.82, 2.24) is 10.6 Å². The van der Waals surface area contributed by atoms with Gasteiger partial charge in [-0.15, -0.1) is 24.0 Å². The molecule has 1 aliphatic rings. The number of ether oxygens (including phenoxy) is 2. The lowest BCUT2D eigenvalue weighted by atomic mass is 10.1. The van der Waals surface area contributed by atoms with Crippen LogP contribution in [0.3, 0.4) is 0 Å². The standard InChI is InChI=1S/C25H36N4O2.HI/c1-19-5-8-22(24(15-19)31-18-21-12-14-30-17-21)16-28-25(26-2)27-13-11-20-6-9-23(10-7-20)29(3)4;/h5-10,15,21H,11-14,16-18H2,1-4H3,(H2,26,27,28);1H. The van der Waals surface area contributed by atoms with Crippen LogP contribution in [-0.4, -0.2) is 53.5 Å². The quantitative estimate of drug-likeness (QED) is 0.280. The third kappa shape index (κ3) is 8.16. The largest absolute Gasteiger partial charge is 0.493 e. The van der Waals surface area contributed by atoms with Crippen molar-refractivity contribution in [2.75, 3.05) is 52.4 Å². The zero-order chi connectivity index (χ0) is 22.1. The van der Waals surface area contributed by atoms with Gasteiger partial charge in [-0.05, 0) is 49.1 Å². The Morgan fingerprint density at radius 3 is 2.59 bits per heavy atom. The third-order valence-corrected chi connectivity index (χ3v) is 5.55. The first-order valence-corrected chi connectivity index (χ1v) is 11.1. The molecule has 0 aromatic heterocycles. The van der Waals surface area contributed by atoms with E-state index in [1.54, 1.807) is 7.05 Å². The molecule has 0 amide bonds. The highest BCUT2D eigenvalue weighted by molar-refractivity contribution is 14.0. The number of anilines is 1. The van der Waals surface area contributed by atoms with Crippen LogP contribution < -0.4 is 20.3 Å². The molecule has 0 aliphatic carbocycles. The number of guanidine groups is 1. The summed E-state index contributed by atoms with van der Waals surface area (Å²) in [5.74, 6) is 2.22. The summed E-state index contributed by atoms with van der Waals surface area (Å²) in [4.78, 5) is 6.47. The highest BCUT2D eigenvalue weighted by Gasteiger charge is 2.17. The molecule has 7 heteroatoms. The molecule has 0 radical (unpaired) electrons. The van der Waals surface area contributed by atoms with Crippen LogP contribution in [0.2, 0.25) is 0 Å². The van der Waals surface area contributed by atoms with Crippen molar-refractivity contribution in [1.29, 1.82) is 0 Å². The average Bonchev–Trinajstić information content (AvgIpc) is 3.29. The summed E-state index contributed by atoms with van der Waals surface area (Å²) < 4.78 is 11.6. The van der Waals surface area contributed by atoms with Crippen LogP contribution in [0.5, 0.6) is 5.75 Å². The van der Waals surface area contributed by atoms with Crippen LogP contribution >= 0.6 is 24.0 Å². The van der Waals surface area contributed by atoms with Gasteiger partial charge in [-0.1, -0.05) is 24.3 Å². The van der Waals surface area contributed by atoms with E-state index in [9.17, 15) is 0 Å². The van der Waals surface area contributed by atoms with E-state index in [1.807, 2.05) is 0 Å². The van der Waals surface area contributed by atoms with Crippen molar-refractivity contribution in [2.24, 2.45) is 10.9 Å². The molecule has 0 saturated carbocycles. The molecule has 1 unspecified atom stereocenters. The van der Waals surface area contributed by atoms with E-state index in [0.717, 1.165) is 49.9 Å². The number of rotatable bonds is 9. The molecular formula is C25H37IN4O2. The van der Waals surface area contributed by atoms with Gasteiger partial charge in [0.1, 0.15) is 5.75 Å². The molecule has 32 heavy (non-hydrogen) atoms. The number of nitrogens with one attached hydrogen (secondary N) is 2. The topological polar surface area (TPSA) is 58.1 Å². The first-order valence-electron chi connectivity index (χ1n) is 11.1. The summed E-state index contributed by atoms with van der Waals surface area (Å²) in [5, 5.41) is 6.82. The van der Waals surface area contributed by atoms with Gasteiger partial charge in [-0.25, -0.2) is 0 Å². The summed E-state index contributed by atoms with van der Waals surface area (Å²) in [6.07, 6.45) is 2.02. The molecule has 3 rings (SSSR count). The van der Waals surface area contributed by atoms with E-state index in [2.05, 4.69) is 84.0 Å². The minimum atomic E-state index is 0. The fraction of sp³-hybridized carbons (Fsp3) is 0.480. The Balaban J connectivity index is 0.00000363. The van der Waals surface area contributed by atoms with E-state index in [1.165, 1.54) is 16.8 Å². The summed E-state index contributed by atoms with van der Waals surface area (Å²) in [5.41, 5.74) is 4.85. The fourth-order valence-electron chi connectivity index (χ4n) is 3.55. The number of hydrogen-bond acceptors (Lipinski definition) is 4. The zero-order valence-corrected chi connectivity index (χ0v) is 22.0. The average molecular weight is 553 g/mol. The van der Waals surface area contributed by atoms with Crippen LogP contribution in [0.4, 0.5) is 5.69 Å². The predicted molar refractivity (Wildman–Crippen MR) is 144 cm³/mol. The minimum absolute atomic E-state index is 0. The van der Waals surface area contributed by atoms with Gasteiger partial charge in [-0.3, -0.25) is 4.99 Å². The van der Waals surface area contributed by atoms with E-state index in [0.29, 0.717) is 19.1 Å². The summed E-state index contributed by atoms with van der Waals surface area (Å²) in [7, 11) is 5.91. The van der Waals surface area contributed by atoms with Crippen LogP contribution in [0, 0.1) is 12.8 Å². The van der Waals surface area contributed by atoms with Crippen molar-refractivity contribution in [3.63, 3.8) is 0 Å². The molecule has 2 N–H and O–H groups in total. The first-order chi connectivity index (χ1) is 15.0. The lowest BCUT2D eigenvalue weighted by Gasteiger charge is -2.17. The zero-order valence-electron chi connectivity index (χ0n) is 19.7. The Morgan fingerprint density at radius 1 is 1.16 bits per heavy atom. The highest BCUT2D eigenvalue weighted by Crippen LogP contribution is 2.22. The number of halogens is 1. The van der Waals surface area contributed by atoms with E-state index in [-0.39, 0.29) is 24.0 Å². The summed E-state index contributed by atoms with van der Waals surface area (Å²) >= 11 is 0. The number of nitrogens with zero attached hydrogens (tertiary/aromatic N) is 2. The maximum atomic E-state index is 6.15. The SMILES string of the molecule is CN=C(NCCc1ccc(N(C)C)cc1)NCc1ccc(C)cc1OCC1CCOC1.I. The smallest absolute Gasteiger partial charge is 0.191 e. The Hall–Kier alpha value is -2.00. The van der Waals surface area contributed by atoms with Crippen molar-refractivity contribution < 1.29 is 9.47 Å². The fourth-order valence-corrected chi connectivity index (χ4v) is 3.55. The van der Waals surface area contributed by atoms with Gasteiger partial charge in [0.15, 0.2) is 5.96 Å². The second-order valence-electron chi connectivity index (χ2n) is 8.32. The van der Waals surface area contributed by atoms with Crippen molar-refractivity contribution in [2.45, 2.75) is 26.3 Å². The van der Waals surface area contributed by atoms with E-state index in [4.69, 9.17) is 9.47 Å². The second kappa shape index (κ2) is 13.5. The number of aliphatic imine (C=N–C) groups is 1. The molecule has 1 fully saturated rings. The second-order valence-corrected chi connectivity index (χ2v) is 8.32. The lowest BCUT2D eigenvalue weighted by Crippen LogP contribution is -2.38. The third-order valence-electron chi connectivity index (χ3n) is 5.55. The molecule has 1 aliphatic heterocycles. The Kier molecular flexibility index (Phi) is 11.1. The lowest BCUT2D eigenvalue weighted by molar-refractivity contribution is 0.166. The Bertz CT molecular complexity index is 850. The highest BCUT2D eigenvalue weighted by atomic mass is 127. The van der Waals surface area contributed by atoms with Crippen LogP contribution in [0.1, 0.15) is 23.1 Å². The van der Waals surface area contributed by atoms with Gasteiger partial charge in [0.2, 0.25) is 0 Å². The van der Waals surface area contributed by atoms with Crippen LogP contribution in [-0.2, 0) is 17.7 Å². The normalized spacial score (nSPS) is 15.8. The molecule has 1 atom stereocenters. The van der Waals surface area contributed by atoms with Crippen molar-refractivity contribution in [3.8, 4) is 5.75 Å². The molecule has 0 spiro atoms. The number of hydrogen-bond donors (Lipinski definition) is 2. The van der Waals surface area contributed by atoms with Gasteiger partial charge < -0.3 is 25.0 Å². The van der Waals surface area contributed by atoms with E-state index < -0.39 is 0 Å². The van der Waals surface area contributed by atoms with Crippen molar-refractivity contribution in [3.05, 3.63) is 59.2 Å². The minimum Gasteiger partial charge on any atom is -0.493 e. The molecule has 176 valence electrons. The predicted octanol–water partition coefficient (Wildman–Crippen LogP) is 4.00. The molecular weight excluding hydrogens is 515 g/mol. The van der Waals surface area contributed by atoms with Crippen molar-refractivity contribution >= 4 is 35.6 Å². The van der Waals surface area contributed by atoms with Gasteiger partial charge >= 0.3 is 0 Å². The molecule has 2 aromatic rings. The molecule has 1 saturated heterocycles. The Labute approximate surface area is 209 Å². The molecule has 1 heterocycles. The van der Waals surface area contributed by atoms with Gasteiger partial charge in [-0.2, -0.15) is 0 Å². The van der Waals surface area contributed by atoms with Gasteiger partial charge in [0.25, 0.3) is 0 Å². The first kappa shape index (κ1) is 26.3. The molecule has 6 nitrogen and oxygen atoms in total. The number of aryl methyl sites for hydroxylation is 1. The molecule has 2 aromatic carbocycles. The van der Waals surface area contributed by atoms with Crippen LogP contribution in [0.25, 0.3) is 0 Å². The van der Waals surface area contributed by atoms with Crippen LogP contribution in [0.15, 0.2) is 47.5 Å². The Morgan fingerprint density at radius 2 is 1.94 bits per heavy atom. The maximum Gasteiger partial charge on any atom is 0.191 e. The summed E-state index contributed by atoms with van der Waals surface area (Å²) in [6.45, 7) is 5.92.